The van der Waals surface area contributed by atoms with Gasteiger partial charge in [-0.15, -0.1) is 0 Å². The molecule has 0 saturated carbocycles. The van der Waals surface area contributed by atoms with Crippen LogP contribution in [0.25, 0.3) is 11.6 Å². The molecule has 1 aromatic heterocycles. The number of anilines is 2. The molecule has 0 aliphatic carbocycles. The van der Waals surface area contributed by atoms with Crippen molar-refractivity contribution in [2.24, 2.45) is 0 Å². The Morgan fingerprint density at radius 2 is 2.08 bits per heavy atom. The molecule has 1 heterocycles. The van der Waals surface area contributed by atoms with Crippen molar-refractivity contribution in [3.8, 4) is 11.8 Å². The monoisotopic (exact) mass is 340 g/mol. The van der Waals surface area contributed by atoms with E-state index in [4.69, 9.17) is 15.2 Å². The fourth-order valence-corrected chi connectivity index (χ4v) is 1.95. The Hall–Kier alpha value is -3.18. The highest BCUT2D eigenvalue weighted by Gasteiger charge is 2.11. The van der Waals surface area contributed by atoms with Crippen LogP contribution in [-0.2, 0) is 4.74 Å². The first kappa shape index (κ1) is 18.2. The molecule has 2 aromatic rings. The van der Waals surface area contributed by atoms with Crippen LogP contribution in [-0.4, -0.2) is 49.4 Å². The molecule has 8 heteroatoms. The van der Waals surface area contributed by atoms with E-state index in [1.807, 2.05) is 24.3 Å². The fourth-order valence-electron chi connectivity index (χ4n) is 1.95. The second-order valence-electron chi connectivity index (χ2n) is 5.30. The van der Waals surface area contributed by atoms with E-state index < -0.39 is 0 Å². The number of rotatable bonds is 7. The van der Waals surface area contributed by atoms with Crippen molar-refractivity contribution >= 4 is 23.5 Å². The van der Waals surface area contributed by atoms with Gasteiger partial charge in [0.1, 0.15) is 18.4 Å². The maximum Gasteiger partial charge on any atom is 0.230 e. The number of methoxy groups -OCH3 is 1. The van der Waals surface area contributed by atoms with Gasteiger partial charge in [-0.25, -0.2) is 0 Å². The standard InChI is InChI=1S/C17H20N6O2/c1-23(2)17-21-15(20-16(19)22-17)13(11-18)9-12-5-4-6-14(10-12)25-8-7-24-3/h4-6,9-10H,7-8H2,1-3H3,(H2,19,20,21,22)/b13-9-. The van der Waals surface area contributed by atoms with Gasteiger partial charge in [0.25, 0.3) is 0 Å². The minimum Gasteiger partial charge on any atom is -0.491 e. The lowest BCUT2D eigenvalue weighted by atomic mass is 10.1. The number of allylic oxidation sites excluding steroid dienone is 1. The fraction of sp³-hybridized carbons (Fsp3) is 0.294. The van der Waals surface area contributed by atoms with E-state index in [1.54, 1.807) is 32.2 Å². The van der Waals surface area contributed by atoms with Crippen molar-refractivity contribution in [1.29, 1.82) is 5.26 Å². The summed E-state index contributed by atoms with van der Waals surface area (Å²) in [5.41, 5.74) is 6.79. The van der Waals surface area contributed by atoms with Crippen LogP contribution in [0.5, 0.6) is 5.75 Å². The molecule has 0 saturated heterocycles. The van der Waals surface area contributed by atoms with Gasteiger partial charge in [0.2, 0.25) is 11.9 Å². The van der Waals surface area contributed by atoms with Gasteiger partial charge < -0.3 is 20.1 Å². The molecule has 0 atom stereocenters. The smallest absolute Gasteiger partial charge is 0.230 e. The SMILES string of the molecule is COCCOc1cccc(/C=C(/C#N)c2nc(N)nc(N(C)C)n2)c1. The Balaban J connectivity index is 2.32. The Bertz CT molecular complexity index is 798. The summed E-state index contributed by atoms with van der Waals surface area (Å²) in [6, 6.07) is 9.47. The number of hydrogen-bond donors (Lipinski definition) is 1. The molecule has 25 heavy (non-hydrogen) atoms. The van der Waals surface area contributed by atoms with Crippen molar-refractivity contribution in [3.05, 3.63) is 35.7 Å². The van der Waals surface area contributed by atoms with Crippen molar-refractivity contribution in [2.75, 3.05) is 45.1 Å². The second-order valence-corrected chi connectivity index (χ2v) is 5.30. The lowest BCUT2D eigenvalue weighted by molar-refractivity contribution is 0.146. The molecule has 130 valence electrons. The van der Waals surface area contributed by atoms with E-state index in [2.05, 4.69) is 21.0 Å². The van der Waals surface area contributed by atoms with Gasteiger partial charge in [-0.1, -0.05) is 12.1 Å². The lowest BCUT2D eigenvalue weighted by Crippen LogP contribution is -2.15. The summed E-state index contributed by atoms with van der Waals surface area (Å²) in [4.78, 5) is 14.0. The summed E-state index contributed by atoms with van der Waals surface area (Å²) in [5.74, 6) is 1.36. The van der Waals surface area contributed by atoms with Gasteiger partial charge in [-0.2, -0.15) is 20.2 Å². The van der Waals surface area contributed by atoms with Gasteiger partial charge in [0.15, 0.2) is 5.82 Å². The lowest BCUT2D eigenvalue weighted by Gasteiger charge is -2.11. The summed E-state index contributed by atoms with van der Waals surface area (Å²) in [6.07, 6.45) is 1.68. The van der Waals surface area contributed by atoms with Gasteiger partial charge in [-0.05, 0) is 23.8 Å². The molecule has 2 rings (SSSR count). The Morgan fingerprint density at radius 3 is 2.76 bits per heavy atom. The molecule has 0 aliphatic rings. The molecule has 0 unspecified atom stereocenters. The number of benzene rings is 1. The van der Waals surface area contributed by atoms with Crippen LogP contribution in [0.2, 0.25) is 0 Å². The van der Waals surface area contributed by atoms with Crippen LogP contribution in [0.4, 0.5) is 11.9 Å². The normalized spacial score (nSPS) is 11.0. The third-order valence-corrected chi connectivity index (χ3v) is 3.13. The predicted octanol–water partition coefficient (Wildman–Crippen LogP) is 1.61. The molecule has 1 aromatic carbocycles. The third kappa shape index (κ3) is 5.16. The molecule has 2 N–H and O–H groups in total. The van der Waals surface area contributed by atoms with Gasteiger partial charge >= 0.3 is 0 Å². The highest BCUT2D eigenvalue weighted by molar-refractivity contribution is 5.87. The summed E-state index contributed by atoms with van der Waals surface area (Å²) < 4.78 is 10.5. The largest absolute Gasteiger partial charge is 0.491 e. The Kier molecular flexibility index (Phi) is 6.26. The highest BCUT2D eigenvalue weighted by atomic mass is 16.5. The number of aromatic nitrogens is 3. The van der Waals surface area contributed by atoms with Crippen LogP contribution >= 0.6 is 0 Å². The number of hydrogen-bond acceptors (Lipinski definition) is 8. The van der Waals surface area contributed by atoms with E-state index in [1.165, 1.54) is 0 Å². The average Bonchev–Trinajstić information content (AvgIpc) is 2.59. The van der Waals surface area contributed by atoms with E-state index in [0.29, 0.717) is 24.9 Å². The van der Waals surface area contributed by atoms with Crippen LogP contribution in [0.1, 0.15) is 11.4 Å². The average molecular weight is 340 g/mol. The molecular weight excluding hydrogens is 320 g/mol. The van der Waals surface area contributed by atoms with Gasteiger partial charge in [0, 0.05) is 21.2 Å². The summed E-state index contributed by atoms with van der Waals surface area (Å²) in [5, 5.41) is 9.48. The number of nitrogen functional groups attached to an aromatic ring is 1. The first-order valence-electron chi connectivity index (χ1n) is 7.56. The zero-order valence-corrected chi connectivity index (χ0v) is 14.4. The van der Waals surface area contributed by atoms with Crippen LogP contribution in [0.15, 0.2) is 24.3 Å². The number of ether oxygens (including phenoxy) is 2. The van der Waals surface area contributed by atoms with Crippen LogP contribution < -0.4 is 15.4 Å². The van der Waals surface area contributed by atoms with E-state index in [0.717, 1.165) is 5.56 Å². The number of nitrogens with zero attached hydrogens (tertiary/aromatic N) is 5. The van der Waals surface area contributed by atoms with Crippen molar-refractivity contribution < 1.29 is 9.47 Å². The third-order valence-electron chi connectivity index (χ3n) is 3.13. The van der Waals surface area contributed by atoms with Crippen molar-refractivity contribution in [1.82, 2.24) is 15.0 Å². The van der Waals surface area contributed by atoms with Crippen LogP contribution in [0, 0.1) is 11.3 Å². The molecule has 0 amide bonds. The maximum absolute atomic E-state index is 9.48. The summed E-state index contributed by atoms with van der Waals surface area (Å²) in [6.45, 7) is 0.950. The van der Waals surface area contributed by atoms with Crippen LogP contribution in [0.3, 0.4) is 0 Å². The summed E-state index contributed by atoms with van der Waals surface area (Å²) >= 11 is 0. The maximum atomic E-state index is 9.48. The van der Waals surface area contributed by atoms with E-state index in [9.17, 15) is 5.26 Å². The zero-order valence-electron chi connectivity index (χ0n) is 14.4. The quantitative estimate of drug-likeness (QED) is 0.598. The molecule has 0 aliphatic heterocycles. The van der Waals surface area contributed by atoms with Crippen molar-refractivity contribution in [3.63, 3.8) is 0 Å². The first-order chi connectivity index (χ1) is 12.0. The topological polar surface area (TPSA) is 110 Å². The Labute approximate surface area is 146 Å². The molecule has 0 radical (unpaired) electrons. The van der Waals surface area contributed by atoms with Crippen molar-refractivity contribution in [2.45, 2.75) is 0 Å². The van der Waals surface area contributed by atoms with Gasteiger partial charge in [0.05, 0.1) is 12.2 Å². The molecule has 8 nitrogen and oxygen atoms in total. The van der Waals surface area contributed by atoms with E-state index in [-0.39, 0.29) is 17.3 Å². The minimum absolute atomic E-state index is 0.0616. The number of nitrogens with two attached hydrogens (primary N) is 1. The first-order valence-corrected chi connectivity index (χ1v) is 7.56. The molecular formula is C17H20N6O2. The number of nitriles is 1. The van der Waals surface area contributed by atoms with Gasteiger partial charge in [-0.3, -0.25) is 0 Å². The highest BCUT2D eigenvalue weighted by Crippen LogP contribution is 2.20. The van der Waals surface area contributed by atoms with E-state index >= 15 is 0 Å². The molecule has 0 fully saturated rings. The zero-order chi connectivity index (χ0) is 18.2. The molecule has 0 bridgehead atoms. The Morgan fingerprint density at radius 1 is 1.28 bits per heavy atom. The predicted molar refractivity (Wildman–Crippen MR) is 95.9 cm³/mol. The summed E-state index contributed by atoms with van der Waals surface area (Å²) in [7, 11) is 5.19. The second kappa shape index (κ2) is 8.61. The molecule has 0 spiro atoms. The minimum atomic E-state index is 0.0616.